The van der Waals surface area contributed by atoms with E-state index in [-0.39, 0.29) is 55.2 Å². The van der Waals surface area contributed by atoms with Gasteiger partial charge >= 0.3 is 6.03 Å². The van der Waals surface area contributed by atoms with Gasteiger partial charge in [0, 0.05) is 61.7 Å². The van der Waals surface area contributed by atoms with Crippen molar-refractivity contribution < 1.29 is 33.0 Å². The number of rotatable bonds is 17. The molecule has 2 aromatic rings. The molecular formula is C35H50FN5O6S. The molecule has 2 aromatic carbocycles. The van der Waals surface area contributed by atoms with Gasteiger partial charge in [-0.15, -0.1) is 0 Å². The van der Waals surface area contributed by atoms with Gasteiger partial charge in [0.1, 0.15) is 30.5 Å². The predicted octanol–water partition coefficient (Wildman–Crippen LogP) is 4.99. The summed E-state index contributed by atoms with van der Waals surface area (Å²) in [4.78, 5) is 45.9. The number of unbranched alkanes of at least 4 members (excludes halogenated alkanes) is 1. The average molecular weight is 688 g/mol. The first-order chi connectivity index (χ1) is 23.1. The number of anilines is 1. The largest absolute Gasteiger partial charge is 0.490 e. The topological polar surface area (TPSA) is 147 Å². The Morgan fingerprint density at radius 1 is 0.896 bits per heavy atom. The SMILES string of the molecule is CCCNC(=O)CCCCC1SCC2NC(=O)NC21.CNC(=O)CCCC(=O)Nc1ccc(C)c(OCCOc2cc(F)ccc2C)c1. The van der Waals surface area contributed by atoms with Crippen LogP contribution in [0.2, 0.25) is 0 Å². The maximum absolute atomic E-state index is 13.3. The highest BCUT2D eigenvalue weighted by atomic mass is 32.2. The molecule has 0 bridgehead atoms. The normalized spacial score (nSPS) is 17.6. The Kier molecular flexibility index (Phi) is 16.3. The molecule has 5 amide bonds. The van der Waals surface area contributed by atoms with Gasteiger partial charge in [0.25, 0.3) is 0 Å². The van der Waals surface area contributed by atoms with E-state index in [1.165, 1.54) is 12.1 Å². The molecule has 2 fully saturated rings. The van der Waals surface area contributed by atoms with Crippen LogP contribution >= 0.6 is 11.8 Å². The van der Waals surface area contributed by atoms with E-state index in [1.54, 1.807) is 25.2 Å². The summed E-state index contributed by atoms with van der Waals surface area (Å²) in [6.45, 7) is 7.12. The minimum atomic E-state index is -0.346. The first-order valence-electron chi connectivity index (χ1n) is 16.7. The molecule has 13 heteroatoms. The number of nitrogens with one attached hydrogen (secondary N) is 5. The number of ether oxygens (including phenoxy) is 2. The van der Waals surface area contributed by atoms with Gasteiger partial charge < -0.3 is 36.1 Å². The molecule has 0 aliphatic carbocycles. The van der Waals surface area contributed by atoms with Gasteiger partial charge in [-0.2, -0.15) is 11.8 Å². The van der Waals surface area contributed by atoms with Gasteiger partial charge in [0.2, 0.25) is 17.7 Å². The molecule has 2 aliphatic heterocycles. The van der Waals surface area contributed by atoms with Gasteiger partial charge in [-0.05, 0) is 62.8 Å². The van der Waals surface area contributed by atoms with Crippen LogP contribution in [0.1, 0.15) is 69.4 Å². The maximum atomic E-state index is 13.3. The molecule has 2 saturated heterocycles. The molecule has 264 valence electrons. The Morgan fingerprint density at radius 2 is 1.56 bits per heavy atom. The summed E-state index contributed by atoms with van der Waals surface area (Å²) in [5.74, 6) is 1.70. The van der Waals surface area contributed by atoms with E-state index in [2.05, 4.69) is 33.5 Å². The van der Waals surface area contributed by atoms with E-state index in [0.717, 1.165) is 49.1 Å². The molecule has 3 atom stereocenters. The summed E-state index contributed by atoms with van der Waals surface area (Å²) in [7, 11) is 1.57. The van der Waals surface area contributed by atoms with Crippen LogP contribution in [0.4, 0.5) is 14.9 Å². The first kappa shape index (κ1) is 38.4. The molecule has 48 heavy (non-hydrogen) atoms. The molecule has 4 rings (SSSR count). The van der Waals surface area contributed by atoms with Crippen molar-refractivity contribution >= 4 is 41.2 Å². The molecular weight excluding hydrogens is 637 g/mol. The third-order valence-corrected chi connectivity index (χ3v) is 9.47. The lowest BCUT2D eigenvalue weighted by Gasteiger charge is -2.16. The van der Waals surface area contributed by atoms with Crippen molar-refractivity contribution in [1.82, 2.24) is 21.3 Å². The second-order valence-corrected chi connectivity index (χ2v) is 13.2. The number of urea groups is 1. The monoisotopic (exact) mass is 687 g/mol. The highest BCUT2D eigenvalue weighted by Gasteiger charge is 2.42. The van der Waals surface area contributed by atoms with Crippen LogP contribution in [0.15, 0.2) is 36.4 Å². The van der Waals surface area contributed by atoms with Crippen LogP contribution in [0.3, 0.4) is 0 Å². The molecule has 0 aromatic heterocycles. The zero-order valence-corrected chi connectivity index (χ0v) is 29.2. The van der Waals surface area contributed by atoms with Gasteiger partial charge in [-0.3, -0.25) is 14.4 Å². The highest BCUT2D eigenvalue weighted by molar-refractivity contribution is 8.00. The Labute approximate surface area is 287 Å². The lowest BCUT2D eigenvalue weighted by atomic mass is 10.0. The quantitative estimate of drug-likeness (QED) is 0.116. The zero-order valence-electron chi connectivity index (χ0n) is 28.4. The van der Waals surface area contributed by atoms with Crippen molar-refractivity contribution in [3.05, 3.63) is 53.3 Å². The Bertz CT molecular complexity index is 1380. The summed E-state index contributed by atoms with van der Waals surface area (Å²) in [5, 5.41) is 14.7. The number of aryl methyl sites for hydroxylation is 2. The van der Waals surface area contributed by atoms with Crippen LogP contribution < -0.4 is 36.1 Å². The smallest absolute Gasteiger partial charge is 0.315 e. The van der Waals surface area contributed by atoms with Crippen molar-refractivity contribution in [3.63, 3.8) is 0 Å². The number of halogens is 1. The number of amides is 5. The number of carbonyl (C=O) groups is 4. The second-order valence-electron chi connectivity index (χ2n) is 11.9. The summed E-state index contributed by atoms with van der Waals surface area (Å²) in [6, 6.07) is 10.4. The molecule has 3 unspecified atom stereocenters. The number of benzene rings is 2. The molecule has 0 spiro atoms. The van der Waals surface area contributed by atoms with Crippen LogP contribution in [-0.4, -0.2) is 73.6 Å². The third-order valence-electron chi connectivity index (χ3n) is 7.96. The van der Waals surface area contributed by atoms with Crippen LogP contribution in [0.25, 0.3) is 0 Å². The van der Waals surface area contributed by atoms with Crippen LogP contribution in [0, 0.1) is 19.7 Å². The highest BCUT2D eigenvalue weighted by Crippen LogP contribution is 2.33. The molecule has 11 nitrogen and oxygen atoms in total. The molecule has 0 radical (unpaired) electrons. The lowest BCUT2D eigenvalue weighted by molar-refractivity contribution is -0.122. The van der Waals surface area contributed by atoms with Crippen molar-refractivity contribution in [3.8, 4) is 11.5 Å². The van der Waals surface area contributed by atoms with E-state index < -0.39 is 0 Å². The standard InChI is InChI=1S/C22H27FN2O4.C13H23N3O2S/c1-15-7-9-17(23)13-19(15)28-11-12-29-20-14-18(10-8-16(20)2)25-22(27)6-4-5-21(26)24-3;1-2-7-14-11(17)6-4-3-5-10-12-9(8-19-10)15-13(18)16-12/h7-10,13-14H,4-6,11-12H2,1-3H3,(H,24,26)(H,25,27);9-10,12H,2-8H2,1H3,(H,14,17)(H2,15,16,18). The van der Waals surface area contributed by atoms with Gasteiger partial charge in [-0.1, -0.05) is 25.5 Å². The van der Waals surface area contributed by atoms with Gasteiger partial charge in [0.05, 0.1) is 12.1 Å². The summed E-state index contributed by atoms with van der Waals surface area (Å²) in [6.07, 6.45) is 5.74. The summed E-state index contributed by atoms with van der Waals surface area (Å²) < 4.78 is 24.6. The van der Waals surface area contributed by atoms with Crippen molar-refractivity contribution in [2.45, 2.75) is 89.5 Å². The minimum absolute atomic E-state index is 0.0285. The Hall–Kier alpha value is -4.00. The summed E-state index contributed by atoms with van der Waals surface area (Å²) in [5.41, 5.74) is 2.39. The van der Waals surface area contributed by atoms with Crippen molar-refractivity contribution in [2.24, 2.45) is 0 Å². The molecule has 0 saturated carbocycles. The van der Waals surface area contributed by atoms with Crippen LogP contribution in [-0.2, 0) is 14.4 Å². The number of hydrogen-bond acceptors (Lipinski definition) is 7. The number of thioether (sulfide) groups is 1. The first-order valence-corrected chi connectivity index (χ1v) is 17.7. The summed E-state index contributed by atoms with van der Waals surface area (Å²) >= 11 is 1.93. The van der Waals surface area contributed by atoms with Crippen molar-refractivity contribution in [2.75, 3.05) is 37.9 Å². The van der Waals surface area contributed by atoms with E-state index in [0.29, 0.717) is 47.7 Å². The fourth-order valence-electron chi connectivity index (χ4n) is 5.25. The molecule has 2 heterocycles. The third kappa shape index (κ3) is 13.2. The maximum Gasteiger partial charge on any atom is 0.315 e. The fourth-order valence-corrected chi connectivity index (χ4v) is 6.79. The average Bonchev–Trinajstić information content (AvgIpc) is 3.62. The van der Waals surface area contributed by atoms with Crippen molar-refractivity contribution in [1.29, 1.82) is 0 Å². The Balaban J connectivity index is 0.000000284. The van der Waals surface area contributed by atoms with E-state index in [9.17, 15) is 23.6 Å². The van der Waals surface area contributed by atoms with E-state index >= 15 is 0 Å². The van der Waals surface area contributed by atoms with Gasteiger partial charge in [-0.25, -0.2) is 9.18 Å². The molecule has 5 N–H and O–H groups in total. The van der Waals surface area contributed by atoms with Crippen LogP contribution in [0.5, 0.6) is 11.5 Å². The number of carbonyl (C=O) groups excluding carboxylic acids is 4. The van der Waals surface area contributed by atoms with Gasteiger partial charge in [0.15, 0.2) is 0 Å². The fraction of sp³-hybridized carbons (Fsp3) is 0.543. The minimum Gasteiger partial charge on any atom is -0.490 e. The Morgan fingerprint density at radius 3 is 2.27 bits per heavy atom. The van der Waals surface area contributed by atoms with E-state index in [1.807, 2.05) is 31.7 Å². The lowest BCUT2D eigenvalue weighted by Crippen LogP contribution is -2.36. The number of hydrogen-bond donors (Lipinski definition) is 5. The predicted molar refractivity (Wildman–Crippen MR) is 187 cm³/mol. The van der Waals surface area contributed by atoms with E-state index in [4.69, 9.17) is 9.47 Å². The zero-order chi connectivity index (χ0) is 34.9. The second kappa shape index (κ2) is 20.4. The molecule has 2 aliphatic rings. The number of fused-ring (bicyclic) bond motifs is 1.